The van der Waals surface area contributed by atoms with Crippen LogP contribution >= 0.6 is 15.9 Å². The van der Waals surface area contributed by atoms with Crippen LogP contribution in [0.3, 0.4) is 0 Å². The second-order valence-electron chi connectivity index (χ2n) is 3.86. The number of nitrogens with one attached hydrogen (secondary N) is 1. The van der Waals surface area contributed by atoms with E-state index in [0.717, 1.165) is 16.2 Å². The van der Waals surface area contributed by atoms with E-state index in [1.54, 1.807) is 12.1 Å². The van der Waals surface area contributed by atoms with Gasteiger partial charge in [0.25, 0.3) is 5.69 Å². The summed E-state index contributed by atoms with van der Waals surface area (Å²) in [5, 5.41) is 26.1. The van der Waals surface area contributed by atoms with Gasteiger partial charge in [0.05, 0.1) is 16.8 Å². The van der Waals surface area contributed by atoms with Crippen LogP contribution in [0.1, 0.15) is 5.56 Å². The highest BCUT2D eigenvalue weighted by Crippen LogP contribution is 2.19. The Morgan fingerprint density at radius 2 is 1.90 bits per heavy atom. The lowest BCUT2D eigenvalue weighted by molar-refractivity contribution is -0.385. The second kappa shape index (κ2) is 6.16. The molecule has 0 saturated carbocycles. The molecule has 0 bridgehead atoms. The minimum atomic E-state index is -0.557. The fraction of sp³-hybridized carbons (Fsp3) is 0. The van der Waals surface area contributed by atoms with E-state index in [1.807, 2.05) is 12.1 Å². The monoisotopic (exact) mass is 334 g/mol. The second-order valence-corrected chi connectivity index (χ2v) is 4.77. The fourth-order valence-electron chi connectivity index (χ4n) is 1.45. The highest BCUT2D eigenvalue weighted by molar-refractivity contribution is 9.10. The zero-order valence-electron chi connectivity index (χ0n) is 10.1. The lowest BCUT2D eigenvalue weighted by Gasteiger charge is -2.08. The molecule has 0 fully saturated rings. The molecule has 2 aromatic rings. The molecule has 0 aliphatic heterocycles. The highest BCUT2D eigenvalue weighted by Gasteiger charge is 2.05. The summed E-state index contributed by atoms with van der Waals surface area (Å²) in [6, 6.07) is 10.8. The van der Waals surface area contributed by atoms with Crippen molar-refractivity contribution in [2.75, 3.05) is 5.43 Å². The van der Waals surface area contributed by atoms with Crippen molar-refractivity contribution in [2.45, 2.75) is 0 Å². The number of halogens is 1. The third-order valence-electron chi connectivity index (χ3n) is 2.45. The van der Waals surface area contributed by atoms with Crippen LogP contribution in [-0.4, -0.2) is 11.1 Å². The summed E-state index contributed by atoms with van der Waals surface area (Å²) in [6.45, 7) is 0. The molecule has 0 aliphatic carbocycles. The fourth-order valence-corrected chi connectivity index (χ4v) is 1.72. The Bertz CT molecular complexity index is 656. The molecular weight excluding hydrogens is 326 g/mol. The van der Waals surface area contributed by atoms with Crippen LogP contribution < -0.4 is 10.5 Å². The van der Waals surface area contributed by atoms with E-state index in [2.05, 4.69) is 26.5 Å². The van der Waals surface area contributed by atoms with Crippen molar-refractivity contribution in [1.29, 1.82) is 0 Å². The van der Waals surface area contributed by atoms with Gasteiger partial charge < -0.3 is 5.11 Å². The van der Waals surface area contributed by atoms with Crippen molar-refractivity contribution in [3.8, 4) is 5.75 Å². The van der Waals surface area contributed by atoms with Crippen LogP contribution in [0.25, 0.3) is 0 Å². The Balaban J connectivity index is 2.12. The third-order valence-corrected chi connectivity index (χ3v) is 2.97. The van der Waals surface area contributed by atoms with Crippen molar-refractivity contribution in [2.24, 2.45) is 5.10 Å². The smallest absolute Gasteiger partial charge is 0.270 e. The van der Waals surface area contributed by atoms with Crippen molar-refractivity contribution < 1.29 is 10.0 Å². The standard InChI is InChI=1S/C13H10BrN3O3/c14-10-1-3-11(4-2-10)16-15-8-9-7-12(17(19)20)5-6-13(9)18/h1-8,16,18H/p-1/b15-8-. The van der Waals surface area contributed by atoms with Gasteiger partial charge in [0.15, 0.2) is 0 Å². The van der Waals surface area contributed by atoms with Crippen LogP contribution in [0.15, 0.2) is 52.0 Å². The average Bonchev–Trinajstić information content (AvgIpc) is 2.43. The van der Waals surface area contributed by atoms with Gasteiger partial charge in [-0.15, -0.1) is 0 Å². The molecule has 6 nitrogen and oxygen atoms in total. The maximum absolute atomic E-state index is 11.5. The normalized spacial score (nSPS) is 10.7. The van der Waals surface area contributed by atoms with Crippen LogP contribution in [0.2, 0.25) is 0 Å². The first-order valence-corrected chi connectivity index (χ1v) is 6.35. The largest absolute Gasteiger partial charge is 0.872 e. The number of hydrazone groups is 1. The highest BCUT2D eigenvalue weighted by atomic mass is 79.9. The van der Waals surface area contributed by atoms with Gasteiger partial charge in [0.1, 0.15) is 0 Å². The minimum absolute atomic E-state index is 0.144. The lowest BCUT2D eigenvalue weighted by Crippen LogP contribution is -1.99. The number of hydrogen-bond acceptors (Lipinski definition) is 5. The summed E-state index contributed by atoms with van der Waals surface area (Å²) in [5.41, 5.74) is 3.49. The molecular formula is C13H9BrN3O3-. The molecule has 0 amide bonds. The van der Waals surface area contributed by atoms with Crippen LogP contribution in [0.4, 0.5) is 11.4 Å². The molecule has 0 radical (unpaired) electrons. The van der Waals surface area contributed by atoms with Crippen molar-refractivity contribution in [1.82, 2.24) is 0 Å². The molecule has 102 valence electrons. The SMILES string of the molecule is O=[N+]([O-])c1ccc([O-])c(/C=N\Nc2ccc(Br)cc2)c1. The van der Waals surface area contributed by atoms with Crippen LogP contribution in [-0.2, 0) is 0 Å². The molecule has 0 unspecified atom stereocenters. The Kier molecular flexibility index (Phi) is 4.31. The Morgan fingerprint density at radius 1 is 1.20 bits per heavy atom. The van der Waals surface area contributed by atoms with Crippen LogP contribution in [0.5, 0.6) is 5.75 Å². The Labute approximate surface area is 123 Å². The van der Waals surface area contributed by atoms with E-state index in [4.69, 9.17) is 0 Å². The van der Waals surface area contributed by atoms with Gasteiger partial charge in [-0.2, -0.15) is 5.10 Å². The molecule has 0 spiro atoms. The molecule has 0 aromatic heterocycles. The number of nitro benzene ring substituents is 1. The number of non-ortho nitro benzene ring substituents is 1. The van der Waals surface area contributed by atoms with Gasteiger partial charge in [-0.25, -0.2) is 0 Å². The minimum Gasteiger partial charge on any atom is -0.872 e. The van der Waals surface area contributed by atoms with Gasteiger partial charge in [-0.05, 0) is 29.8 Å². The molecule has 20 heavy (non-hydrogen) atoms. The van der Waals surface area contributed by atoms with Gasteiger partial charge in [-0.3, -0.25) is 15.5 Å². The summed E-state index contributed by atoms with van der Waals surface area (Å²) < 4.78 is 0.938. The molecule has 1 N–H and O–H groups in total. The molecule has 0 atom stereocenters. The van der Waals surface area contributed by atoms with Gasteiger partial charge in [0, 0.05) is 16.6 Å². The number of rotatable bonds is 4. The predicted octanol–water partition coefficient (Wildman–Crippen LogP) is 2.88. The molecule has 0 saturated heterocycles. The van der Waals surface area contributed by atoms with E-state index in [0.29, 0.717) is 0 Å². The first-order chi connectivity index (χ1) is 9.56. The number of nitrogens with zero attached hydrogens (tertiary/aromatic N) is 2. The van der Waals surface area contributed by atoms with Crippen molar-refractivity contribution in [3.05, 3.63) is 62.6 Å². The summed E-state index contributed by atoms with van der Waals surface area (Å²) >= 11 is 3.31. The molecule has 7 heteroatoms. The summed E-state index contributed by atoms with van der Waals surface area (Å²) in [4.78, 5) is 10.1. The summed E-state index contributed by atoms with van der Waals surface area (Å²) in [7, 11) is 0. The summed E-state index contributed by atoms with van der Waals surface area (Å²) in [6.07, 6.45) is 1.26. The summed E-state index contributed by atoms with van der Waals surface area (Å²) in [5.74, 6) is -0.322. The number of benzene rings is 2. The number of hydrogen-bond donors (Lipinski definition) is 1. The number of anilines is 1. The zero-order valence-corrected chi connectivity index (χ0v) is 11.7. The quantitative estimate of drug-likeness (QED) is 0.528. The van der Waals surface area contributed by atoms with E-state index in [-0.39, 0.29) is 17.0 Å². The Morgan fingerprint density at radius 3 is 2.55 bits per heavy atom. The first kappa shape index (κ1) is 14.0. The maximum atomic E-state index is 11.5. The number of nitro groups is 1. The molecule has 0 aliphatic rings. The van der Waals surface area contributed by atoms with Gasteiger partial charge in [0.2, 0.25) is 0 Å². The molecule has 0 heterocycles. The first-order valence-electron chi connectivity index (χ1n) is 5.56. The van der Waals surface area contributed by atoms with E-state index >= 15 is 0 Å². The lowest BCUT2D eigenvalue weighted by atomic mass is 10.2. The average molecular weight is 335 g/mol. The van der Waals surface area contributed by atoms with E-state index in [9.17, 15) is 15.2 Å². The predicted molar refractivity (Wildman–Crippen MR) is 77.9 cm³/mol. The Hall–Kier alpha value is -2.41. The van der Waals surface area contributed by atoms with Gasteiger partial charge >= 0.3 is 0 Å². The van der Waals surface area contributed by atoms with Crippen molar-refractivity contribution in [3.63, 3.8) is 0 Å². The zero-order chi connectivity index (χ0) is 14.5. The van der Waals surface area contributed by atoms with Crippen molar-refractivity contribution >= 4 is 33.5 Å². The maximum Gasteiger partial charge on any atom is 0.270 e. The van der Waals surface area contributed by atoms with Crippen LogP contribution in [0, 0.1) is 10.1 Å². The van der Waals surface area contributed by atoms with Gasteiger partial charge in [-0.1, -0.05) is 27.7 Å². The van der Waals surface area contributed by atoms with E-state index in [1.165, 1.54) is 18.3 Å². The molecule has 2 aromatic carbocycles. The topological polar surface area (TPSA) is 90.6 Å². The van der Waals surface area contributed by atoms with E-state index < -0.39 is 4.92 Å². The molecule has 2 rings (SSSR count). The third kappa shape index (κ3) is 3.55.